The van der Waals surface area contributed by atoms with Gasteiger partial charge in [0.25, 0.3) is 0 Å². The van der Waals surface area contributed by atoms with Gasteiger partial charge in [0.1, 0.15) is 0 Å². The second kappa shape index (κ2) is 7.49. The second-order valence-electron chi connectivity index (χ2n) is 6.30. The Kier molecular flexibility index (Phi) is 5.64. The summed E-state index contributed by atoms with van der Waals surface area (Å²) in [6.07, 6.45) is 1.58. The summed E-state index contributed by atoms with van der Waals surface area (Å²) in [5, 5.41) is 0. The Bertz CT molecular complexity index is 624. The van der Waals surface area contributed by atoms with E-state index in [4.69, 9.17) is 9.47 Å². The lowest BCUT2D eigenvalue weighted by Crippen LogP contribution is -2.21. The summed E-state index contributed by atoms with van der Waals surface area (Å²) in [6.45, 7) is 7.81. The quantitative estimate of drug-likeness (QED) is 0.804. The maximum absolute atomic E-state index is 13.0. The molecule has 1 aliphatic rings. The third-order valence-electron chi connectivity index (χ3n) is 4.19. The van der Waals surface area contributed by atoms with Gasteiger partial charge < -0.3 is 9.47 Å². The van der Waals surface area contributed by atoms with Crippen LogP contribution in [0.4, 0.5) is 0 Å². The Morgan fingerprint density at radius 2 is 1.74 bits per heavy atom. The van der Waals surface area contributed by atoms with Crippen molar-refractivity contribution in [2.24, 2.45) is 0 Å². The van der Waals surface area contributed by atoms with Crippen molar-refractivity contribution < 1.29 is 14.3 Å². The van der Waals surface area contributed by atoms with E-state index in [2.05, 4.69) is 0 Å². The molecule has 0 bridgehead atoms. The number of hydrogen-bond acceptors (Lipinski definition) is 3. The monoisotopic (exact) mass is 314 g/mol. The van der Waals surface area contributed by atoms with Crippen LogP contribution >= 0.6 is 0 Å². The van der Waals surface area contributed by atoms with Crippen LogP contribution < -0.4 is 0 Å². The van der Waals surface area contributed by atoms with Crippen LogP contribution in [0, 0.1) is 0 Å². The molecule has 0 saturated heterocycles. The van der Waals surface area contributed by atoms with E-state index < -0.39 is 0 Å². The number of ketones is 1. The zero-order valence-electron chi connectivity index (χ0n) is 14.7. The van der Waals surface area contributed by atoms with Gasteiger partial charge in [0, 0.05) is 11.5 Å². The Hall–Kier alpha value is -2.03. The highest BCUT2D eigenvalue weighted by molar-refractivity contribution is 6.01. The Morgan fingerprint density at radius 3 is 2.30 bits per heavy atom. The van der Waals surface area contributed by atoms with Gasteiger partial charge in [-0.05, 0) is 51.7 Å². The molecule has 2 rings (SSSR count). The van der Waals surface area contributed by atoms with Crippen LogP contribution in [-0.2, 0) is 14.3 Å². The topological polar surface area (TPSA) is 35.5 Å². The first kappa shape index (κ1) is 17.3. The maximum atomic E-state index is 13.0. The second-order valence-corrected chi connectivity index (χ2v) is 6.30. The predicted octanol–water partition coefficient (Wildman–Crippen LogP) is 4.75. The number of methoxy groups -OCH3 is 1. The van der Waals surface area contributed by atoms with Crippen molar-refractivity contribution in [3.05, 3.63) is 58.6 Å². The van der Waals surface area contributed by atoms with E-state index >= 15 is 0 Å². The third kappa shape index (κ3) is 3.84. The van der Waals surface area contributed by atoms with Crippen molar-refractivity contribution in [3.63, 3.8) is 0 Å². The minimum Gasteiger partial charge on any atom is -0.493 e. The summed E-state index contributed by atoms with van der Waals surface area (Å²) in [5.41, 5.74) is 2.83. The van der Waals surface area contributed by atoms with E-state index in [1.165, 1.54) is 0 Å². The average molecular weight is 314 g/mol. The minimum absolute atomic E-state index is 0.0136. The molecule has 0 N–H and O–H groups in total. The molecule has 1 aromatic rings. The third-order valence-corrected chi connectivity index (χ3v) is 4.19. The Labute approximate surface area is 139 Å². The number of Topliss-reactive ketones (excluding diaryl/α,β-unsaturated/α-hetero) is 1. The highest BCUT2D eigenvalue weighted by Crippen LogP contribution is 2.34. The molecule has 0 saturated carbocycles. The summed E-state index contributed by atoms with van der Waals surface area (Å²) >= 11 is 0. The van der Waals surface area contributed by atoms with Gasteiger partial charge in [-0.25, -0.2) is 0 Å². The number of carbonyl (C=O) groups excluding carboxylic acids is 1. The maximum Gasteiger partial charge on any atom is 0.169 e. The van der Waals surface area contributed by atoms with Gasteiger partial charge in [0.2, 0.25) is 0 Å². The van der Waals surface area contributed by atoms with Gasteiger partial charge in [0.15, 0.2) is 17.3 Å². The smallest absolute Gasteiger partial charge is 0.169 e. The highest BCUT2D eigenvalue weighted by atomic mass is 16.5. The number of carbonyl (C=O) groups is 1. The van der Waals surface area contributed by atoms with Gasteiger partial charge in [-0.1, -0.05) is 30.3 Å². The number of benzene rings is 1. The van der Waals surface area contributed by atoms with E-state index in [0.717, 1.165) is 24.0 Å². The molecule has 0 fully saturated rings. The van der Waals surface area contributed by atoms with Gasteiger partial charge in [0.05, 0.1) is 13.2 Å². The first-order chi connectivity index (χ1) is 11.0. The molecule has 23 heavy (non-hydrogen) atoms. The SMILES string of the molecule is COC1=C(\C)CCC(c2ccccc2)C(=O)/C(C)=C\1OC(C)C. The van der Waals surface area contributed by atoms with Gasteiger partial charge in [-0.3, -0.25) is 4.79 Å². The number of rotatable bonds is 4. The number of ether oxygens (including phenoxy) is 2. The molecule has 0 amide bonds. The van der Waals surface area contributed by atoms with Crippen LogP contribution in [0.25, 0.3) is 0 Å². The fourth-order valence-corrected chi connectivity index (χ4v) is 2.99. The van der Waals surface area contributed by atoms with Crippen molar-refractivity contribution in [1.82, 2.24) is 0 Å². The molecule has 0 aliphatic heterocycles. The molecule has 1 aromatic carbocycles. The van der Waals surface area contributed by atoms with Crippen LogP contribution in [0.3, 0.4) is 0 Å². The van der Waals surface area contributed by atoms with E-state index in [1.807, 2.05) is 58.0 Å². The van der Waals surface area contributed by atoms with Crippen molar-refractivity contribution in [2.75, 3.05) is 7.11 Å². The van der Waals surface area contributed by atoms with Gasteiger partial charge in [-0.2, -0.15) is 0 Å². The van der Waals surface area contributed by atoms with Crippen LogP contribution in [0.5, 0.6) is 0 Å². The van der Waals surface area contributed by atoms with Gasteiger partial charge >= 0.3 is 0 Å². The summed E-state index contributed by atoms with van der Waals surface area (Å²) in [5.74, 6) is 1.28. The first-order valence-corrected chi connectivity index (χ1v) is 8.16. The summed E-state index contributed by atoms with van der Waals surface area (Å²) < 4.78 is 11.5. The highest BCUT2D eigenvalue weighted by Gasteiger charge is 2.29. The lowest BCUT2D eigenvalue weighted by atomic mass is 9.83. The molecule has 1 aliphatic carbocycles. The van der Waals surface area contributed by atoms with Crippen molar-refractivity contribution >= 4 is 5.78 Å². The predicted molar refractivity (Wildman–Crippen MR) is 92.1 cm³/mol. The summed E-state index contributed by atoms with van der Waals surface area (Å²) in [7, 11) is 1.64. The van der Waals surface area contributed by atoms with Crippen LogP contribution in [0.15, 0.2) is 53.0 Å². The molecule has 0 heterocycles. The van der Waals surface area contributed by atoms with Crippen LogP contribution in [-0.4, -0.2) is 19.0 Å². The average Bonchev–Trinajstić information content (AvgIpc) is 2.53. The van der Waals surface area contributed by atoms with E-state index in [1.54, 1.807) is 7.11 Å². The van der Waals surface area contributed by atoms with Crippen LogP contribution in [0.1, 0.15) is 52.0 Å². The largest absolute Gasteiger partial charge is 0.493 e. The lowest BCUT2D eigenvalue weighted by molar-refractivity contribution is -0.117. The van der Waals surface area contributed by atoms with E-state index in [9.17, 15) is 4.79 Å². The zero-order valence-corrected chi connectivity index (χ0v) is 14.7. The van der Waals surface area contributed by atoms with Gasteiger partial charge in [-0.15, -0.1) is 0 Å². The summed E-state index contributed by atoms with van der Waals surface area (Å²) in [6, 6.07) is 9.99. The molecular formula is C20H26O3. The fraction of sp³-hybridized carbons (Fsp3) is 0.450. The van der Waals surface area contributed by atoms with E-state index in [0.29, 0.717) is 17.1 Å². The molecule has 1 atom stereocenters. The van der Waals surface area contributed by atoms with Crippen LogP contribution in [0.2, 0.25) is 0 Å². The molecular weight excluding hydrogens is 288 g/mol. The molecule has 124 valence electrons. The Morgan fingerprint density at radius 1 is 1.09 bits per heavy atom. The van der Waals surface area contributed by atoms with E-state index in [-0.39, 0.29) is 17.8 Å². The standard InChI is InChI=1S/C20H26O3/c1-13(2)23-20-15(4)18(21)17(16-9-7-6-8-10-16)12-11-14(3)19(20)22-5/h6-10,13,17H,11-12H2,1-5H3/b19-14+,20-15+. The number of allylic oxidation sites excluding steroid dienone is 2. The molecule has 0 radical (unpaired) electrons. The normalized spacial score (nSPS) is 26.0. The van der Waals surface area contributed by atoms with Crippen molar-refractivity contribution in [2.45, 2.75) is 52.6 Å². The fourth-order valence-electron chi connectivity index (χ4n) is 2.99. The first-order valence-electron chi connectivity index (χ1n) is 8.16. The lowest BCUT2D eigenvalue weighted by Gasteiger charge is -2.25. The van der Waals surface area contributed by atoms with Crippen molar-refractivity contribution in [1.29, 1.82) is 0 Å². The molecule has 1 unspecified atom stereocenters. The molecule has 3 nitrogen and oxygen atoms in total. The zero-order chi connectivity index (χ0) is 17.0. The molecule has 0 aromatic heterocycles. The minimum atomic E-state index is -0.129. The summed E-state index contributed by atoms with van der Waals surface area (Å²) in [4.78, 5) is 13.0. The molecule has 0 spiro atoms. The number of hydrogen-bond donors (Lipinski definition) is 0. The molecule has 3 heteroatoms. The van der Waals surface area contributed by atoms with Crippen molar-refractivity contribution in [3.8, 4) is 0 Å². The Balaban J connectivity index is 2.50.